The third kappa shape index (κ3) is 5.48. The zero-order valence-corrected chi connectivity index (χ0v) is 14.3. The second kappa shape index (κ2) is 7.05. The molecule has 1 aromatic heterocycles. The van der Waals surface area contributed by atoms with Crippen molar-refractivity contribution in [2.75, 3.05) is 0 Å². The molecule has 21 heavy (non-hydrogen) atoms. The molecule has 4 heteroatoms. The molecule has 0 radical (unpaired) electrons. The van der Waals surface area contributed by atoms with Crippen molar-refractivity contribution in [2.24, 2.45) is 0 Å². The maximum Gasteiger partial charge on any atom is 0.218 e. The number of benzene rings is 1. The minimum absolute atomic E-state index is 0.0669. The Bertz CT molecular complexity index is 593. The van der Waals surface area contributed by atoms with Crippen LogP contribution in [0.15, 0.2) is 47.1 Å². The van der Waals surface area contributed by atoms with Crippen LogP contribution in [0.1, 0.15) is 31.9 Å². The van der Waals surface area contributed by atoms with Gasteiger partial charge in [0.25, 0.3) is 0 Å². The largest absolute Gasteiger partial charge is 0.473 e. The predicted octanol–water partition coefficient (Wildman–Crippen LogP) is 4.31. The summed E-state index contributed by atoms with van der Waals surface area (Å²) in [6.07, 6.45) is 1.76. The van der Waals surface area contributed by atoms with Gasteiger partial charge in [-0.3, -0.25) is 0 Å². The highest BCUT2D eigenvalue weighted by atomic mass is 79.9. The lowest BCUT2D eigenvalue weighted by molar-refractivity contribution is 0.287. The van der Waals surface area contributed by atoms with Gasteiger partial charge in [0.05, 0.1) is 0 Å². The van der Waals surface area contributed by atoms with Gasteiger partial charge in [-0.25, -0.2) is 4.98 Å². The van der Waals surface area contributed by atoms with Gasteiger partial charge in [-0.15, -0.1) is 0 Å². The standard InChI is InChI=1S/C17H21BrN2O/c1-17(2,3)20-11-14-7-5-9-19-16(14)21-12-13-6-4-8-15(18)10-13/h4-10,20H,11-12H2,1-3H3. The van der Waals surface area contributed by atoms with Crippen LogP contribution in [0.3, 0.4) is 0 Å². The molecule has 2 aromatic rings. The molecule has 0 aliphatic rings. The average molecular weight is 349 g/mol. The number of pyridine rings is 1. The Hall–Kier alpha value is -1.39. The lowest BCUT2D eigenvalue weighted by atomic mass is 10.1. The molecule has 0 aliphatic heterocycles. The van der Waals surface area contributed by atoms with Gasteiger partial charge < -0.3 is 10.1 Å². The molecule has 0 spiro atoms. The molecule has 0 amide bonds. The maximum atomic E-state index is 5.87. The summed E-state index contributed by atoms with van der Waals surface area (Å²) in [6.45, 7) is 7.69. The smallest absolute Gasteiger partial charge is 0.218 e. The Morgan fingerprint density at radius 3 is 2.71 bits per heavy atom. The van der Waals surface area contributed by atoms with E-state index in [2.05, 4.69) is 53.1 Å². The molecule has 0 saturated heterocycles. The molecule has 0 aliphatic carbocycles. The van der Waals surface area contributed by atoms with E-state index < -0.39 is 0 Å². The summed E-state index contributed by atoms with van der Waals surface area (Å²) >= 11 is 3.47. The highest BCUT2D eigenvalue weighted by Crippen LogP contribution is 2.18. The fourth-order valence-electron chi connectivity index (χ4n) is 1.83. The maximum absolute atomic E-state index is 5.87. The lowest BCUT2D eigenvalue weighted by Crippen LogP contribution is -2.35. The summed E-state index contributed by atoms with van der Waals surface area (Å²) in [4.78, 5) is 4.34. The number of halogens is 1. The summed E-state index contributed by atoms with van der Waals surface area (Å²) in [5, 5.41) is 3.46. The van der Waals surface area contributed by atoms with Crippen molar-refractivity contribution < 1.29 is 4.74 Å². The molecule has 0 fully saturated rings. The summed E-state index contributed by atoms with van der Waals surface area (Å²) in [5.41, 5.74) is 2.25. The molecule has 2 rings (SSSR count). The van der Waals surface area contributed by atoms with E-state index in [9.17, 15) is 0 Å². The average Bonchev–Trinajstić information content (AvgIpc) is 2.43. The first-order valence-corrected chi connectivity index (χ1v) is 7.79. The topological polar surface area (TPSA) is 34.2 Å². The quantitative estimate of drug-likeness (QED) is 0.873. The number of aromatic nitrogens is 1. The Morgan fingerprint density at radius 2 is 2.00 bits per heavy atom. The van der Waals surface area contributed by atoms with Crippen molar-refractivity contribution >= 4 is 15.9 Å². The first-order chi connectivity index (χ1) is 9.94. The van der Waals surface area contributed by atoms with Crippen molar-refractivity contribution in [1.29, 1.82) is 0 Å². The molecular weight excluding hydrogens is 328 g/mol. The Kier molecular flexibility index (Phi) is 5.37. The van der Waals surface area contributed by atoms with Crippen LogP contribution in [-0.2, 0) is 13.2 Å². The minimum Gasteiger partial charge on any atom is -0.473 e. The monoisotopic (exact) mass is 348 g/mol. The van der Waals surface area contributed by atoms with Gasteiger partial charge >= 0.3 is 0 Å². The zero-order chi connectivity index (χ0) is 15.3. The van der Waals surface area contributed by atoms with Gasteiger partial charge in [-0.2, -0.15) is 0 Å². The van der Waals surface area contributed by atoms with Crippen molar-refractivity contribution in [3.63, 3.8) is 0 Å². The highest BCUT2D eigenvalue weighted by molar-refractivity contribution is 9.10. The number of ether oxygens (including phenoxy) is 1. The van der Waals surface area contributed by atoms with Crippen LogP contribution in [0.5, 0.6) is 5.88 Å². The fourth-order valence-corrected chi connectivity index (χ4v) is 2.27. The minimum atomic E-state index is 0.0669. The van der Waals surface area contributed by atoms with E-state index in [1.165, 1.54) is 0 Å². The van der Waals surface area contributed by atoms with Crippen molar-refractivity contribution in [3.05, 3.63) is 58.2 Å². The number of hydrogen-bond acceptors (Lipinski definition) is 3. The van der Waals surface area contributed by atoms with Crippen LogP contribution < -0.4 is 10.1 Å². The van der Waals surface area contributed by atoms with Crippen LogP contribution in [0, 0.1) is 0 Å². The van der Waals surface area contributed by atoms with Crippen LogP contribution in [-0.4, -0.2) is 10.5 Å². The number of nitrogens with one attached hydrogen (secondary N) is 1. The second-order valence-corrected chi connectivity index (χ2v) is 6.91. The van der Waals surface area contributed by atoms with Crippen LogP contribution in [0.2, 0.25) is 0 Å². The number of rotatable bonds is 5. The first-order valence-electron chi connectivity index (χ1n) is 7.00. The highest BCUT2D eigenvalue weighted by Gasteiger charge is 2.11. The van der Waals surface area contributed by atoms with E-state index >= 15 is 0 Å². The Morgan fingerprint density at radius 1 is 1.19 bits per heavy atom. The van der Waals surface area contributed by atoms with Crippen molar-refractivity contribution in [3.8, 4) is 5.88 Å². The van der Waals surface area contributed by atoms with Gasteiger partial charge in [0.2, 0.25) is 5.88 Å². The summed E-state index contributed by atoms with van der Waals surface area (Å²) < 4.78 is 6.93. The van der Waals surface area contributed by atoms with Gasteiger partial charge in [0.15, 0.2) is 0 Å². The number of hydrogen-bond donors (Lipinski definition) is 1. The van der Waals surface area contributed by atoms with E-state index in [0.717, 1.165) is 22.1 Å². The summed E-state index contributed by atoms with van der Waals surface area (Å²) in [6, 6.07) is 12.1. The first kappa shape index (κ1) is 16.0. The van der Waals surface area contributed by atoms with Crippen molar-refractivity contribution in [2.45, 2.75) is 39.5 Å². The van der Waals surface area contributed by atoms with E-state index in [4.69, 9.17) is 4.74 Å². The van der Waals surface area contributed by atoms with E-state index in [0.29, 0.717) is 12.5 Å². The van der Waals surface area contributed by atoms with Gasteiger partial charge in [0, 0.05) is 28.3 Å². The molecule has 0 atom stereocenters. The Labute approximate surface area is 134 Å². The third-order valence-corrected chi connectivity index (χ3v) is 3.42. The SMILES string of the molecule is CC(C)(C)NCc1cccnc1OCc1cccc(Br)c1. The molecule has 0 unspecified atom stereocenters. The van der Waals surface area contributed by atoms with Crippen LogP contribution >= 0.6 is 15.9 Å². The fraction of sp³-hybridized carbons (Fsp3) is 0.353. The predicted molar refractivity (Wildman–Crippen MR) is 89.3 cm³/mol. The van der Waals surface area contributed by atoms with Crippen LogP contribution in [0.25, 0.3) is 0 Å². The summed E-state index contributed by atoms with van der Waals surface area (Å²) in [7, 11) is 0. The Balaban J connectivity index is 2.03. The molecule has 0 saturated carbocycles. The van der Waals surface area contributed by atoms with Gasteiger partial charge in [0.1, 0.15) is 6.61 Å². The van der Waals surface area contributed by atoms with Crippen LogP contribution in [0.4, 0.5) is 0 Å². The molecule has 3 nitrogen and oxygen atoms in total. The van der Waals surface area contributed by atoms with E-state index in [1.54, 1.807) is 6.20 Å². The second-order valence-electron chi connectivity index (χ2n) is 5.99. The molecule has 1 heterocycles. The molecule has 0 bridgehead atoms. The molecular formula is C17H21BrN2O. The van der Waals surface area contributed by atoms with Crippen molar-refractivity contribution in [1.82, 2.24) is 10.3 Å². The van der Waals surface area contributed by atoms with Gasteiger partial charge in [-0.1, -0.05) is 34.1 Å². The van der Waals surface area contributed by atoms with E-state index in [1.807, 2.05) is 30.3 Å². The number of nitrogens with zero attached hydrogens (tertiary/aromatic N) is 1. The summed E-state index contributed by atoms with van der Waals surface area (Å²) in [5.74, 6) is 0.689. The zero-order valence-electron chi connectivity index (χ0n) is 12.7. The molecule has 1 aromatic carbocycles. The van der Waals surface area contributed by atoms with E-state index in [-0.39, 0.29) is 5.54 Å². The molecule has 1 N–H and O–H groups in total. The third-order valence-electron chi connectivity index (χ3n) is 2.92. The van der Waals surface area contributed by atoms with Gasteiger partial charge in [-0.05, 0) is 44.5 Å². The molecule has 112 valence electrons. The lowest BCUT2D eigenvalue weighted by Gasteiger charge is -2.21. The normalized spacial score (nSPS) is 11.4.